The molecule has 2 aromatic carbocycles. The fourth-order valence-electron chi connectivity index (χ4n) is 1.23. The summed E-state index contributed by atoms with van der Waals surface area (Å²) in [5.74, 6) is -0.320. The van der Waals surface area contributed by atoms with Crippen LogP contribution in [0.5, 0.6) is 0 Å². The molecule has 14 heavy (non-hydrogen) atoms. The monoisotopic (exact) mass is 297 g/mol. The van der Waals surface area contributed by atoms with E-state index in [2.05, 4.69) is 28.7 Å². The molecule has 0 spiro atoms. The second kappa shape index (κ2) is 4.09. The Balaban J connectivity index is 2.40. The van der Waals surface area contributed by atoms with Crippen molar-refractivity contribution in [2.45, 2.75) is 0 Å². The first-order chi connectivity index (χ1) is 6.75. The molecule has 0 nitrogen and oxygen atoms in total. The van der Waals surface area contributed by atoms with Crippen molar-refractivity contribution in [3.63, 3.8) is 0 Å². The summed E-state index contributed by atoms with van der Waals surface area (Å²) in [5, 5.41) is 0. The second-order valence-corrected chi connectivity index (χ2v) is 4.18. The first kappa shape index (κ1) is 9.65. The normalized spacial score (nSPS) is 10.1. The number of rotatable bonds is 1. The van der Waals surface area contributed by atoms with Crippen molar-refractivity contribution in [2.75, 3.05) is 0 Å². The van der Waals surface area contributed by atoms with Gasteiger partial charge in [-0.1, -0.05) is 18.2 Å². The molecule has 1 radical (unpaired) electrons. The molecule has 0 aliphatic rings. The van der Waals surface area contributed by atoms with Crippen molar-refractivity contribution in [3.8, 4) is 11.1 Å². The first-order valence-electron chi connectivity index (χ1n) is 4.19. The van der Waals surface area contributed by atoms with Crippen LogP contribution < -0.4 is 0 Å². The van der Waals surface area contributed by atoms with Gasteiger partial charge in [-0.3, -0.25) is 0 Å². The molecule has 0 aliphatic heterocycles. The van der Waals surface area contributed by atoms with E-state index in [1.807, 2.05) is 24.3 Å². The van der Waals surface area contributed by atoms with Gasteiger partial charge in [0.2, 0.25) is 0 Å². The SMILES string of the molecule is Fc1[c]cc(-c2ccc(I)cc2)cc1. The zero-order valence-electron chi connectivity index (χ0n) is 7.30. The minimum absolute atomic E-state index is 0.320. The van der Waals surface area contributed by atoms with Gasteiger partial charge in [0.15, 0.2) is 0 Å². The zero-order chi connectivity index (χ0) is 9.97. The summed E-state index contributed by atoms with van der Waals surface area (Å²) in [6.45, 7) is 0. The standard InChI is InChI=1S/C12H7FI/c13-11-5-1-9(2-6-11)10-3-7-12(14)8-4-10/h1-5,7-8H. The topological polar surface area (TPSA) is 0 Å². The molecule has 2 heteroatoms. The molecule has 0 aliphatic carbocycles. The van der Waals surface area contributed by atoms with E-state index in [1.54, 1.807) is 12.1 Å². The number of benzene rings is 2. The lowest BCUT2D eigenvalue weighted by Crippen LogP contribution is -1.79. The van der Waals surface area contributed by atoms with Gasteiger partial charge in [-0.2, -0.15) is 0 Å². The van der Waals surface area contributed by atoms with Crippen molar-refractivity contribution in [2.24, 2.45) is 0 Å². The van der Waals surface area contributed by atoms with Gasteiger partial charge >= 0.3 is 0 Å². The maximum Gasteiger partial charge on any atom is 0.131 e. The highest BCUT2D eigenvalue weighted by molar-refractivity contribution is 14.1. The lowest BCUT2D eigenvalue weighted by Gasteiger charge is -2.00. The largest absolute Gasteiger partial charge is 0.206 e. The summed E-state index contributed by atoms with van der Waals surface area (Å²) < 4.78 is 13.8. The second-order valence-electron chi connectivity index (χ2n) is 2.93. The van der Waals surface area contributed by atoms with Gasteiger partial charge in [-0.25, -0.2) is 4.39 Å². The summed E-state index contributed by atoms with van der Waals surface area (Å²) in [4.78, 5) is 0. The Morgan fingerprint density at radius 1 is 0.929 bits per heavy atom. The molecule has 0 atom stereocenters. The smallest absolute Gasteiger partial charge is 0.131 e. The summed E-state index contributed by atoms with van der Waals surface area (Å²) >= 11 is 2.25. The van der Waals surface area contributed by atoms with Gasteiger partial charge in [-0.05, 0) is 58.0 Å². The van der Waals surface area contributed by atoms with Crippen molar-refractivity contribution in [3.05, 3.63) is 57.9 Å². The van der Waals surface area contributed by atoms with E-state index in [9.17, 15) is 4.39 Å². The molecule has 2 aromatic rings. The number of halogens is 2. The quantitative estimate of drug-likeness (QED) is 0.700. The summed E-state index contributed by atoms with van der Waals surface area (Å²) in [5.41, 5.74) is 2.07. The highest BCUT2D eigenvalue weighted by Gasteiger charge is 1.97. The summed E-state index contributed by atoms with van der Waals surface area (Å²) in [6.07, 6.45) is 0. The Hall–Kier alpha value is -0.900. The van der Waals surface area contributed by atoms with Crippen LogP contribution in [0.2, 0.25) is 0 Å². The van der Waals surface area contributed by atoms with Crippen molar-refractivity contribution >= 4 is 22.6 Å². The van der Waals surface area contributed by atoms with Crippen molar-refractivity contribution in [1.82, 2.24) is 0 Å². The molecule has 0 saturated heterocycles. The minimum atomic E-state index is -0.320. The lowest BCUT2D eigenvalue weighted by atomic mass is 10.1. The van der Waals surface area contributed by atoms with Crippen LogP contribution in [0.3, 0.4) is 0 Å². The number of hydrogen-bond donors (Lipinski definition) is 0. The highest BCUT2D eigenvalue weighted by Crippen LogP contribution is 2.20. The van der Waals surface area contributed by atoms with Gasteiger partial charge in [0.05, 0.1) is 0 Å². The molecule has 0 saturated carbocycles. The maximum absolute atomic E-state index is 12.6. The van der Waals surface area contributed by atoms with Crippen LogP contribution in [-0.4, -0.2) is 0 Å². The van der Waals surface area contributed by atoms with E-state index < -0.39 is 0 Å². The van der Waals surface area contributed by atoms with Gasteiger partial charge in [0, 0.05) is 9.64 Å². The Morgan fingerprint density at radius 2 is 1.57 bits per heavy atom. The van der Waals surface area contributed by atoms with Crippen LogP contribution >= 0.6 is 22.6 Å². The van der Waals surface area contributed by atoms with Crippen LogP contribution in [0.4, 0.5) is 4.39 Å². The van der Waals surface area contributed by atoms with Gasteiger partial charge in [0.1, 0.15) is 5.82 Å². The minimum Gasteiger partial charge on any atom is -0.206 e. The molecule has 0 bridgehead atoms. The predicted molar refractivity (Wildman–Crippen MR) is 63.4 cm³/mol. The summed E-state index contributed by atoms with van der Waals surface area (Å²) in [7, 11) is 0. The fraction of sp³-hybridized carbons (Fsp3) is 0. The molecule has 69 valence electrons. The third-order valence-corrected chi connectivity index (χ3v) is 2.67. The number of hydrogen-bond acceptors (Lipinski definition) is 0. The molecule has 0 N–H and O–H groups in total. The predicted octanol–water partition coefficient (Wildman–Crippen LogP) is 3.90. The van der Waals surface area contributed by atoms with E-state index in [0.29, 0.717) is 0 Å². The molecule has 0 amide bonds. The highest BCUT2D eigenvalue weighted by atomic mass is 127. The van der Waals surface area contributed by atoms with Gasteiger partial charge < -0.3 is 0 Å². The molecule has 0 fully saturated rings. The molecular formula is C12H7FI. The molecular weight excluding hydrogens is 290 g/mol. The summed E-state index contributed by atoms with van der Waals surface area (Å²) in [6, 6.07) is 15.5. The van der Waals surface area contributed by atoms with E-state index >= 15 is 0 Å². The fourth-order valence-corrected chi connectivity index (χ4v) is 1.59. The molecule has 2 rings (SSSR count). The lowest BCUT2D eigenvalue weighted by molar-refractivity contribution is 0.626. The Bertz CT molecular complexity index is 374. The third-order valence-electron chi connectivity index (χ3n) is 1.95. The van der Waals surface area contributed by atoms with Gasteiger partial charge in [-0.15, -0.1) is 0 Å². The molecule has 0 aromatic heterocycles. The Kier molecular flexibility index (Phi) is 2.82. The Labute approximate surface area is 95.9 Å². The van der Waals surface area contributed by atoms with Crippen LogP contribution in [0, 0.1) is 15.5 Å². The first-order valence-corrected chi connectivity index (χ1v) is 5.27. The maximum atomic E-state index is 12.6. The van der Waals surface area contributed by atoms with E-state index in [1.165, 1.54) is 9.64 Å². The van der Waals surface area contributed by atoms with E-state index in [-0.39, 0.29) is 5.82 Å². The van der Waals surface area contributed by atoms with Gasteiger partial charge in [0.25, 0.3) is 0 Å². The zero-order valence-corrected chi connectivity index (χ0v) is 9.45. The van der Waals surface area contributed by atoms with E-state index in [0.717, 1.165) is 11.1 Å². The van der Waals surface area contributed by atoms with Crippen molar-refractivity contribution in [1.29, 1.82) is 0 Å². The van der Waals surface area contributed by atoms with Crippen LogP contribution in [0.15, 0.2) is 42.5 Å². The average Bonchev–Trinajstić information content (AvgIpc) is 2.21. The van der Waals surface area contributed by atoms with Crippen LogP contribution in [0.25, 0.3) is 11.1 Å². The van der Waals surface area contributed by atoms with Crippen molar-refractivity contribution < 1.29 is 4.39 Å². The average molecular weight is 297 g/mol. The molecule has 0 heterocycles. The van der Waals surface area contributed by atoms with Crippen LogP contribution in [-0.2, 0) is 0 Å². The van der Waals surface area contributed by atoms with E-state index in [4.69, 9.17) is 0 Å². The third kappa shape index (κ3) is 2.12. The van der Waals surface area contributed by atoms with Crippen LogP contribution in [0.1, 0.15) is 0 Å². The molecule has 0 unspecified atom stereocenters. The Morgan fingerprint density at radius 3 is 2.14 bits per heavy atom.